The Labute approximate surface area is 146 Å². The summed E-state index contributed by atoms with van der Waals surface area (Å²) in [7, 11) is 0. The van der Waals surface area contributed by atoms with Gasteiger partial charge in [-0.25, -0.2) is 4.79 Å². The summed E-state index contributed by atoms with van der Waals surface area (Å²) in [5, 5.41) is 14.3. The minimum Gasteiger partial charge on any atom is -0.462 e. The minimum absolute atomic E-state index is 0.0413. The van der Waals surface area contributed by atoms with Crippen molar-refractivity contribution in [3.63, 3.8) is 0 Å². The van der Waals surface area contributed by atoms with E-state index < -0.39 is 5.97 Å². The Kier molecular flexibility index (Phi) is 5.78. The molecule has 0 unspecified atom stereocenters. The molecular formula is C18H18ClN3O2. The van der Waals surface area contributed by atoms with Gasteiger partial charge >= 0.3 is 5.97 Å². The number of carbonyl (C=O) groups is 1. The number of esters is 1. The van der Waals surface area contributed by atoms with Crippen LogP contribution in [0.3, 0.4) is 0 Å². The zero-order valence-electron chi connectivity index (χ0n) is 13.8. The van der Waals surface area contributed by atoms with Crippen molar-refractivity contribution in [2.75, 3.05) is 6.61 Å². The topological polar surface area (TPSA) is 67.9 Å². The van der Waals surface area contributed by atoms with Gasteiger partial charge in [0.05, 0.1) is 18.8 Å². The predicted octanol–water partition coefficient (Wildman–Crippen LogP) is 3.67. The molecule has 2 aromatic rings. The number of ether oxygens (including phenoxy) is 1. The second kappa shape index (κ2) is 7.80. The number of benzene rings is 1. The Hall–Kier alpha value is -2.58. The highest BCUT2D eigenvalue weighted by Gasteiger charge is 2.15. The van der Waals surface area contributed by atoms with Crippen LogP contribution in [0.2, 0.25) is 5.02 Å². The van der Waals surface area contributed by atoms with Crippen LogP contribution < -0.4 is 0 Å². The van der Waals surface area contributed by atoms with E-state index in [0.29, 0.717) is 11.6 Å². The lowest BCUT2D eigenvalue weighted by atomic mass is 10.1. The van der Waals surface area contributed by atoms with Crippen molar-refractivity contribution in [1.29, 1.82) is 5.26 Å². The van der Waals surface area contributed by atoms with Crippen molar-refractivity contribution in [3.05, 3.63) is 57.4 Å². The number of carbonyl (C=O) groups excluding carboxylic acids is 1. The van der Waals surface area contributed by atoms with E-state index in [4.69, 9.17) is 16.3 Å². The zero-order chi connectivity index (χ0) is 17.7. The van der Waals surface area contributed by atoms with Gasteiger partial charge in [-0.3, -0.25) is 4.68 Å². The first-order chi connectivity index (χ1) is 11.5. The van der Waals surface area contributed by atoms with Crippen LogP contribution >= 0.6 is 11.6 Å². The highest BCUT2D eigenvalue weighted by Crippen LogP contribution is 2.21. The van der Waals surface area contributed by atoms with Crippen LogP contribution in [0.15, 0.2) is 29.8 Å². The number of halogens is 1. The van der Waals surface area contributed by atoms with Crippen LogP contribution in [-0.4, -0.2) is 22.4 Å². The van der Waals surface area contributed by atoms with Crippen LogP contribution in [0.4, 0.5) is 0 Å². The van der Waals surface area contributed by atoms with Crippen molar-refractivity contribution in [3.8, 4) is 6.07 Å². The van der Waals surface area contributed by atoms with Crippen LogP contribution in [0, 0.1) is 25.2 Å². The second-order valence-corrected chi connectivity index (χ2v) is 5.63. The molecule has 0 amide bonds. The molecular weight excluding hydrogens is 326 g/mol. The molecule has 124 valence electrons. The number of aromatic nitrogens is 2. The molecule has 0 spiro atoms. The Morgan fingerprint density at radius 1 is 1.42 bits per heavy atom. The quantitative estimate of drug-likeness (QED) is 0.472. The van der Waals surface area contributed by atoms with Gasteiger partial charge in [-0.05, 0) is 38.5 Å². The van der Waals surface area contributed by atoms with Crippen LogP contribution in [0.5, 0.6) is 0 Å². The Morgan fingerprint density at radius 3 is 2.75 bits per heavy atom. The van der Waals surface area contributed by atoms with Gasteiger partial charge in [0.1, 0.15) is 11.6 Å². The molecule has 1 aromatic heterocycles. The Bertz CT molecular complexity index is 831. The molecule has 0 atom stereocenters. The van der Waals surface area contributed by atoms with E-state index in [1.54, 1.807) is 6.92 Å². The zero-order valence-corrected chi connectivity index (χ0v) is 14.6. The van der Waals surface area contributed by atoms with Gasteiger partial charge in [-0.1, -0.05) is 29.8 Å². The summed E-state index contributed by atoms with van der Waals surface area (Å²) in [5.41, 5.74) is 3.24. The van der Waals surface area contributed by atoms with Crippen molar-refractivity contribution >= 4 is 23.6 Å². The third-order valence-corrected chi connectivity index (χ3v) is 3.99. The molecule has 1 heterocycles. The summed E-state index contributed by atoms with van der Waals surface area (Å²) in [5.74, 6) is -0.627. The molecule has 0 fully saturated rings. The van der Waals surface area contributed by atoms with Crippen molar-refractivity contribution in [2.24, 2.45) is 0 Å². The standard InChI is InChI=1S/C18H18ClN3O2/c1-4-24-18(23)15(10-20)9-16-12(2)21-22(13(16)3)11-14-7-5-6-8-17(14)19/h5-9H,4,11H2,1-3H3/b15-9+. The molecule has 0 aliphatic rings. The van der Waals surface area contributed by atoms with Crippen LogP contribution in [-0.2, 0) is 16.1 Å². The normalized spacial score (nSPS) is 11.2. The van der Waals surface area contributed by atoms with Gasteiger partial charge in [0.15, 0.2) is 0 Å². The van der Waals surface area contributed by atoms with Crippen molar-refractivity contribution in [1.82, 2.24) is 9.78 Å². The molecule has 24 heavy (non-hydrogen) atoms. The van der Waals surface area contributed by atoms with Gasteiger partial charge in [-0.2, -0.15) is 10.4 Å². The van der Waals surface area contributed by atoms with Gasteiger partial charge < -0.3 is 4.74 Å². The molecule has 0 aliphatic carbocycles. The first-order valence-electron chi connectivity index (χ1n) is 7.54. The number of nitriles is 1. The SMILES string of the molecule is CCOC(=O)/C(C#N)=C/c1c(C)nn(Cc2ccccc2Cl)c1C. The highest BCUT2D eigenvalue weighted by atomic mass is 35.5. The summed E-state index contributed by atoms with van der Waals surface area (Å²) in [4.78, 5) is 11.8. The molecule has 0 saturated heterocycles. The first-order valence-corrected chi connectivity index (χ1v) is 7.92. The minimum atomic E-state index is -0.627. The van der Waals surface area contributed by atoms with Crippen molar-refractivity contribution < 1.29 is 9.53 Å². The molecule has 0 bridgehead atoms. The molecule has 0 N–H and O–H groups in total. The van der Waals surface area contributed by atoms with Gasteiger partial charge in [0, 0.05) is 16.3 Å². The summed E-state index contributed by atoms with van der Waals surface area (Å²) in [6, 6.07) is 9.45. The predicted molar refractivity (Wildman–Crippen MR) is 92.5 cm³/mol. The summed E-state index contributed by atoms with van der Waals surface area (Å²) in [6.07, 6.45) is 1.53. The first kappa shape index (κ1) is 17.8. The lowest BCUT2D eigenvalue weighted by Gasteiger charge is -2.07. The number of aryl methyl sites for hydroxylation is 1. The van der Waals surface area contributed by atoms with Gasteiger partial charge in [0.25, 0.3) is 0 Å². The van der Waals surface area contributed by atoms with E-state index in [2.05, 4.69) is 5.10 Å². The molecule has 5 nitrogen and oxygen atoms in total. The summed E-state index contributed by atoms with van der Waals surface area (Å²) in [6.45, 7) is 6.17. The van der Waals surface area contributed by atoms with Gasteiger partial charge in [0.2, 0.25) is 0 Å². The van der Waals surface area contributed by atoms with Gasteiger partial charge in [-0.15, -0.1) is 0 Å². The largest absolute Gasteiger partial charge is 0.462 e. The summed E-state index contributed by atoms with van der Waals surface area (Å²) < 4.78 is 6.70. The average molecular weight is 344 g/mol. The fourth-order valence-corrected chi connectivity index (χ4v) is 2.55. The van der Waals surface area contributed by atoms with E-state index in [-0.39, 0.29) is 12.2 Å². The highest BCUT2D eigenvalue weighted by molar-refractivity contribution is 6.31. The lowest BCUT2D eigenvalue weighted by molar-refractivity contribution is -0.137. The van der Waals surface area contributed by atoms with Crippen LogP contribution in [0.1, 0.15) is 29.4 Å². The molecule has 1 aromatic carbocycles. The lowest BCUT2D eigenvalue weighted by Crippen LogP contribution is -2.06. The third-order valence-electron chi connectivity index (χ3n) is 3.62. The number of hydrogen-bond donors (Lipinski definition) is 0. The van der Waals surface area contributed by atoms with Crippen molar-refractivity contribution in [2.45, 2.75) is 27.3 Å². The third kappa shape index (κ3) is 3.84. The number of nitrogens with zero attached hydrogens (tertiary/aromatic N) is 3. The van der Waals surface area contributed by atoms with E-state index in [9.17, 15) is 10.1 Å². The maximum atomic E-state index is 11.8. The summed E-state index contributed by atoms with van der Waals surface area (Å²) >= 11 is 6.20. The molecule has 2 rings (SSSR count). The Balaban J connectivity index is 2.37. The molecule has 0 saturated carbocycles. The Morgan fingerprint density at radius 2 is 2.12 bits per heavy atom. The second-order valence-electron chi connectivity index (χ2n) is 5.22. The van der Waals surface area contributed by atoms with E-state index in [1.165, 1.54) is 6.08 Å². The average Bonchev–Trinajstić information content (AvgIpc) is 2.81. The van der Waals surface area contributed by atoms with E-state index in [1.807, 2.05) is 48.9 Å². The fourth-order valence-electron chi connectivity index (χ4n) is 2.35. The van der Waals surface area contributed by atoms with E-state index in [0.717, 1.165) is 22.5 Å². The molecule has 0 aliphatic heterocycles. The number of rotatable bonds is 5. The molecule has 6 heteroatoms. The maximum absolute atomic E-state index is 11.8. The fraction of sp³-hybridized carbons (Fsp3) is 0.278. The van der Waals surface area contributed by atoms with E-state index >= 15 is 0 Å². The smallest absolute Gasteiger partial charge is 0.348 e. The number of hydrogen-bond acceptors (Lipinski definition) is 4. The molecule has 0 radical (unpaired) electrons. The maximum Gasteiger partial charge on any atom is 0.348 e. The van der Waals surface area contributed by atoms with Crippen LogP contribution in [0.25, 0.3) is 6.08 Å². The monoisotopic (exact) mass is 343 g/mol.